The minimum Gasteiger partial charge on any atom is -0.394 e. The van der Waals surface area contributed by atoms with Gasteiger partial charge in [0.2, 0.25) is 5.91 Å². The summed E-state index contributed by atoms with van der Waals surface area (Å²) in [6, 6.07) is -0.702. The van der Waals surface area contributed by atoms with Crippen LogP contribution in [0, 0.1) is 6.92 Å². The van der Waals surface area contributed by atoms with Crippen LogP contribution in [0.2, 0.25) is 0 Å². The number of nitrogens with one attached hydrogen (secondary N) is 3. The van der Waals surface area contributed by atoms with Gasteiger partial charge in [0.1, 0.15) is 0 Å². The first-order valence-electron chi connectivity index (χ1n) is 6.21. The Morgan fingerprint density at radius 3 is 2.68 bits per heavy atom. The maximum atomic E-state index is 11.7. The van der Waals surface area contributed by atoms with Crippen molar-refractivity contribution in [3.05, 3.63) is 38.2 Å². The van der Waals surface area contributed by atoms with Crippen molar-refractivity contribution in [3.8, 4) is 0 Å². The number of rotatable bonds is 7. The largest absolute Gasteiger partial charge is 0.394 e. The molecule has 0 unspecified atom stereocenters. The lowest BCUT2D eigenvalue weighted by molar-refractivity contribution is -0.117. The Morgan fingerprint density at radius 2 is 2.14 bits per heavy atom. The predicted octanol–water partition coefficient (Wildman–Crippen LogP) is -1.19. The van der Waals surface area contributed by atoms with Crippen LogP contribution < -0.4 is 16.6 Å². The van der Waals surface area contributed by atoms with Crippen molar-refractivity contribution < 1.29 is 14.1 Å². The Bertz CT molecular complexity index is 697. The van der Waals surface area contributed by atoms with Crippen LogP contribution in [0.1, 0.15) is 11.3 Å². The lowest BCUT2D eigenvalue weighted by Crippen LogP contribution is -2.40. The smallest absolute Gasteiger partial charge is 0.325 e. The maximum Gasteiger partial charge on any atom is 0.325 e. The van der Waals surface area contributed by atoms with Gasteiger partial charge in [0.25, 0.3) is 5.56 Å². The van der Waals surface area contributed by atoms with Gasteiger partial charge in [-0.3, -0.25) is 18.8 Å². The molecule has 1 rings (SSSR count). The van der Waals surface area contributed by atoms with Gasteiger partial charge in [-0.2, -0.15) is 0 Å². The van der Waals surface area contributed by atoms with Crippen LogP contribution in [0.25, 0.3) is 6.08 Å². The van der Waals surface area contributed by atoms with E-state index in [1.807, 2.05) is 4.98 Å². The summed E-state index contributed by atoms with van der Waals surface area (Å²) in [4.78, 5) is 38.8. The number of carbonyl (C=O) groups excluding carboxylic acids is 1. The minimum absolute atomic E-state index is 0.0256. The third kappa shape index (κ3) is 5.58. The first kappa shape index (κ1) is 18.3. The highest BCUT2D eigenvalue weighted by Gasteiger charge is 2.13. The number of hydrogen-bond acceptors (Lipinski definition) is 5. The molecule has 0 fully saturated rings. The van der Waals surface area contributed by atoms with Gasteiger partial charge in [0.05, 0.1) is 23.4 Å². The van der Waals surface area contributed by atoms with E-state index < -0.39 is 34.0 Å². The molecule has 0 radical (unpaired) electrons. The van der Waals surface area contributed by atoms with E-state index in [0.29, 0.717) is 5.69 Å². The summed E-state index contributed by atoms with van der Waals surface area (Å²) in [6.07, 6.45) is 2.33. The van der Waals surface area contributed by atoms with Crippen LogP contribution in [0.15, 0.2) is 15.7 Å². The molecule has 0 saturated heterocycles. The summed E-state index contributed by atoms with van der Waals surface area (Å²) >= 11 is 5.40. The molecule has 0 saturated carbocycles. The summed E-state index contributed by atoms with van der Waals surface area (Å²) in [5.41, 5.74) is -0.792. The maximum absolute atomic E-state index is 11.7. The molecule has 1 amide bonds. The molecular weight excluding hydrogens is 334 g/mol. The average molecular weight is 350 g/mol. The minimum atomic E-state index is -1.35. The van der Waals surface area contributed by atoms with Gasteiger partial charge in [-0.1, -0.05) is 0 Å². The van der Waals surface area contributed by atoms with Gasteiger partial charge in [0, 0.05) is 28.3 Å². The predicted molar refractivity (Wildman–Crippen MR) is 84.2 cm³/mol. The number of aromatic nitrogens is 2. The average Bonchev–Trinajstić information content (AvgIpc) is 2.45. The van der Waals surface area contributed by atoms with Crippen LogP contribution in [-0.4, -0.2) is 48.8 Å². The summed E-state index contributed by atoms with van der Waals surface area (Å²) in [5.74, 6) is -0.548. The Morgan fingerprint density at radius 1 is 1.45 bits per heavy atom. The zero-order valence-corrected chi connectivity index (χ0v) is 13.3. The quantitative estimate of drug-likeness (QED) is 0.363. The highest BCUT2D eigenvalue weighted by atomic mass is 35.5. The number of hydrogen-bond donors (Lipinski definition) is 4. The second kappa shape index (κ2) is 8.66. The molecule has 22 heavy (non-hydrogen) atoms. The van der Waals surface area contributed by atoms with Gasteiger partial charge in [-0.15, -0.1) is 11.6 Å². The molecule has 122 valence electrons. The summed E-state index contributed by atoms with van der Waals surface area (Å²) in [5, 5.41) is 11.5. The first-order chi connectivity index (χ1) is 10.4. The third-order valence-electron chi connectivity index (χ3n) is 2.65. The van der Waals surface area contributed by atoms with E-state index in [0.717, 1.165) is 6.08 Å². The lowest BCUT2D eigenvalue weighted by atomic mass is 10.2. The lowest BCUT2D eigenvalue weighted by Gasteiger charge is -2.13. The number of halogens is 1. The van der Waals surface area contributed by atoms with Crippen molar-refractivity contribution in [1.82, 2.24) is 15.3 Å². The standard InChI is InChI=1S/C12H16ClN3O5S/c1-7-9(11(19)16-12(20)14-7)2-3-10(18)15-8(4-17)5-22(21)6-13/h2-3,8,17H,4-6H2,1H3,(H,15,18)(H2,14,16,19,20)/b3-2+/t8-,22-/m0/s1. The van der Waals surface area contributed by atoms with Gasteiger partial charge >= 0.3 is 5.69 Å². The Balaban J connectivity index is 2.78. The first-order valence-corrected chi connectivity index (χ1v) is 8.23. The molecule has 4 N–H and O–H groups in total. The Kier molecular flexibility index (Phi) is 7.22. The zero-order chi connectivity index (χ0) is 16.7. The van der Waals surface area contributed by atoms with Crippen LogP contribution >= 0.6 is 11.6 Å². The molecule has 10 heteroatoms. The van der Waals surface area contributed by atoms with E-state index in [1.165, 1.54) is 13.0 Å². The molecule has 0 aromatic carbocycles. The van der Waals surface area contributed by atoms with E-state index >= 15 is 0 Å². The molecule has 2 atom stereocenters. The van der Waals surface area contributed by atoms with E-state index in [1.54, 1.807) is 0 Å². The second-order valence-corrected chi connectivity index (χ2v) is 6.47. The van der Waals surface area contributed by atoms with Gasteiger partial charge in [0.15, 0.2) is 0 Å². The topological polar surface area (TPSA) is 132 Å². The highest BCUT2D eigenvalue weighted by Crippen LogP contribution is 1.98. The number of aryl methyl sites for hydroxylation is 1. The number of carbonyl (C=O) groups is 1. The Labute approximate surface area is 133 Å². The molecule has 0 aliphatic rings. The molecule has 8 nitrogen and oxygen atoms in total. The monoisotopic (exact) mass is 349 g/mol. The van der Waals surface area contributed by atoms with E-state index in [-0.39, 0.29) is 23.1 Å². The van der Waals surface area contributed by atoms with Crippen molar-refractivity contribution in [2.45, 2.75) is 13.0 Å². The molecule has 0 bridgehead atoms. The number of amides is 1. The highest BCUT2D eigenvalue weighted by molar-refractivity contribution is 7.86. The van der Waals surface area contributed by atoms with E-state index in [4.69, 9.17) is 16.7 Å². The number of aliphatic hydroxyl groups is 1. The summed E-state index contributed by atoms with van der Waals surface area (Å²) < 4.78 is 11.3. The Hall–Kier alpha value is -1.71. The molecule has 0 aliphatic heterocycles. The van der Waals surface area contributed by atoms with Crippen LogP contribution in [0.5, 0.6) is 0 Å². The normalized spacial score (nSPS) is 14.0. The summed E-state index contributed by atoms with van der Waals surface area (Å²) in [7, 11) is -1.35. The fourth-order valence-electron chi connectivity index (χ4n) is 1.63. The SMILES string of the molecule is Cc1[nH]c(=O)[nH]c(=O)c1/C=C/C(=O)N[C@@H](CO)C[S@](=O)CCl. The van der Waals surface area contributed by atoms with Crippen molar-refractivity contribution in [2.24, 2.45) is 0 Å². The van der Waals surface area contributed by atoms with Crippen molar-refractivity contribution in [3.63, 3.8) is 0 Å². The van der Waals surface area contributed by atoms with Crippen molar-refractivity contribution in [1.29, 1.82) is 0 Å². The third-order valence-corrected chi connectivity index (χ3v) is 4.40. The number of aromatic amines is 2. The number of H-pyrrole nitrogens is 2. The molecule has 1 aromatic heterocycles. The number of alkyl halides is 1. The molecule has 1 heterocycles. The van der Waals surface area contributed by atoms with Gasteiger partial charge in [-0.25, -0.2) is 4.79 Å². The molecule has 0 aliphatic carbocycles. The van der Waals surface area contributed by atoms with Crippen molar-refractivity contribution in [2.75, 3.05) is 17.6 Å². The van der Waals surface area contributed by atoms with Gasteiger partial charge < -0.3 is 15.4 Å². The zero-order valence-electron chi connectivity index (χ0n) is 11.7. The van der Waals surface area contributed by atoms with Crippen LogP contribution in [0.4, 0.5) is 0 Å². The molecular formula is C12H16ClN3O5S. The molecule has 0 spiro atoms. The van der Waals surface area contributed by atoms with Crippen molar-refractivity contribution >= 4 is 34.4 Å². The fraction of sp³-hybridized carbons (Fsp3) is 0.417. The number of aliphatic hydroxyl groups excluding tert-OH is 1. The van der Waals surface area contributed by atoms with Crippen LogP contribution in [0.3, 0.4) is 0 Å². The second-order valence-electron chi connectivity index (χ2n) is 4.38. The molecule has 1 aromatic rings. The van der Waals surface area contributed by atoms with E-state index in [9.17, 15) is 18.6 Å². The van der Waals surface area contributed by atoms with Gasteiger partial charge in [-0.05, 0) is 13.0 Å². The summed E-state index contributed by atoms with van der Waals surface area (Å²) in [6.45, 7) is 1.13. The fourth-order valence-corrected chi connectivity index (χ4v) is 2.62. The van der Waals surface area contributed by atoms with E-state index in [2.05, 4.69) is 10.3 Å². The van der Waals surface area contributed by atoms with Crippen LogP contribution in [-0.2, 0) is 15.6 Å².